The van der Waals surface area contributed by atoms with Crippen LogP contribution in [-0.2, 0) is 12.8 Å². The van der Waals surface area contributed by atoms with Crippen molar-refractivity contribution in [2.24, 2.45) is 9.98 Å². The second kappa shape index (κ2) is 22.5. The number of hydrogen-bond acceptors (Lipinski definition) is 20. The third-order valence-electron chi connectivity index (χ3n) is 17.1. The van der Waals surface area contributed by atoms with Crippen LogP contribution in [0.2, 0.25) is 0 Å². The van der Waals surface area contributed by atoms with E-state index in [2.05, 4.69) is 165 Å². The number of aromatic nitrogens is 7. The van der Waals surface area contributed by atoms with E-state index in [1.54, 1.807) is 59.2 Å². The first-order valence-corrected chi connectivity index (χ1v) is 33.4. The van der Waals surface area contributed by atoms with Gasteiger partial charge in [-0.15, -0.1) is 22.7 Å². The Morgan fingerprint density at radius 3 is 1.41 bits per heavy atom. The van der Waals surface area contributed by atoms with Gasteiger partial charge in [0, 0.05) is 82.1 Å². The van der Waals surface area contributed by atoms with E-state index < -0.39 is 21.7 Å². The maximum atomic E-state index is 13.4. The van der Waals surface area contributed by atoms with Crippen LogP contribution in [0.3, 0.4) is 0 Å². The van der Waals surface area contributed by atoms with Crippen LogP contribution >= 0.6 is 57.9 Å². The lowest BCUT2D eigenvalue weighted by Gasteiger charge is -2.24. The van der Waals surface area contributed by atoms with Crippen LogP contribution in [0.1, 0.15) is 22.3 Å². The molecule has 93 heavy (non-hydrogen) atoms. The highest BCUT2D eigenvalue weighted by Crippen LogP contribution is 2.47. The molecule has 0 unspecified atom stereocenters. The number of pyridine rings is 1. The van der Waals surface area contributed by atoms with Gasteiger partial charge in [0.2, 0.25) is 16.3 Å². The SMILES string of the molecule is Cc1ccc(N(c2ccc(CCc3ccc(N(c4ccc(C)cc4)c4ccc(-c5cc6c(cc(N=c7c(=O)c8ccccc8c7=O)c7nsnc76)c6nsnc56)s4)cc3)cc2)c2ccc(-c3cnc(/N=c4\c(=O)c(=O)c5cc6ccccc6cc45)c4nsnc34)s2)cc1. The predicted octanol–water partition coefficient (Wildman–Crippen LogP) is 16.2. The second-order valence-electron chi connectivity index (χ2n) is 22.8. The number of fused-ring (bicyclic) bond motifs is 9. The summed E-state index contributed by atoms with van der Waals surface area (Å²) in [6.07, 6.45) is 3.40. The Hall–Kier alpha value is -10.9. The van der Waals surface area contributed by atoms with Crippen molar-refractivity contribution in [2.45, 2.75) is 26.7 Å². The minimum absolute atomic E-state index is 0.0581. The zero-order chi connectivity index (χ0) is 62.6. The number of nitrogens with zero attached hydrogens (tertiary/aromatic N) is 11. The molecule has 0 saturated heterocycles. The van der Waals surface area contributed by atoms with E-state index in [9.17, 15) is 19.2 Å². The average Bonchev–Trinajstić information content (AvgIpc) is 1.65. The molecule has 17 rings (SSSR count). The Morgan fingerprint density at radius 1 is 0.376 bits per heavy atom. The first kappa shape index (κ1) is 56.1. The quantitative estimate of drug-likeness (QED) is 0.0992. The van der Waals surface area contributed by atoms with Crippen LogP contribution in [0.5, 0.6) is 0 Å². The standard InChI is InChI=1S/C73H43N11O4S5/c1-38-11-21-44(22-12-38)83(59-31-29-57(89-59)54-35-51-52(61-63(54)79-91-77-61)36-56(66-62(51)78-92-81-66)75-68-69(85)48-9-5-6-10-49(48)70(68)86)46-25-17-40(18-26-46)15-16-41-19-27-47(28-20-41)84(45-23-13-39(2)14-24-45)60-32-30-58(90-60)55-37-74-73(67-64(55)80-93-82-67)76-65-50-33-42-7-3-4-8-43(42)34-53(50)71(87)72(65)88/h3-14,17-37H,15-16H2,1-2H3/b76-65-. The summed E-state index contributed by atoms with van der Waals surface area (Å²) < 4.78 is 28.3. The van der Waals surface area contributed by atoms with E-state index in [4.69, 9.17) is 27.5 Å². The topological polar surface area (TPSA) is 190 Å². The summed E-state index contributed by atoms with van der Waals surface area (Å²) in [4.78, 5) is 74.2. The van der Waals surface area contributed by atoms with Crippen molar-refractivity contribution in [2.75, 3.05) is 9.80 Å². The highest BCUT2D eigenvalue weighted by atomic mass is 32.1. The normalized spacial score (nSPS) is 12.1. The van der Waals surface area contributed by atoms with Gasteiger partial charge in [-0.2, -0.15) is 26.2 Å². The van der Waals surface area contributed by atoms with Gasteiger partial charge in [-0.05, 0) is 146 Å². The fourth-order valence-electron chi connectivity index (χ4n) is 12.3. The van der Waals surface area contributed by atoms with E-state index in [0.29, 0.717) is 54.8 Å². The molecule has 0 aliphatic carbocycles. The maximum Gasteiger partial charge on any atom is 0.252 e. The van der Waals surface area contributed by atoms with Gasteiger partial charge in [-0.3, -0.25) is 19.2 Å². The molecule has 11 aromatic carbocycles. The number of rotatable bonds is 13. The second-order valence-corrected chi connectivity index (χ2v) is 26.5. The zero-order valence-electron chi connectivity index (χ0n) is 49.1. The van der Waals surface area contributed by atoms with Gasteiger partial charge in [0.05, 0.1) is 40.9 Å². The minimum atomic E-state index is -0.665. The molecule has 0 fully saturated rings. The Kier molecular flexibility index (Phi) is 13.6. The molecule has 0 N–H and O–H groups in total. The Labute approximate surface area is 547 Å². The summed E-state index contributed by atoms with van der Waals surface area (Å²) in [5, 5.41) is 6.80. The van der Waals surface area contributed by atoms with Crippen LogP contribution in [-0.4, -0.2) is 31.2 Å². The Balaban J connectivity index is 0.637. The lowest BCUT2D eigenvalue weighted by molar-refractivity contribution is 0.960. The van der Waals surface area contributed by atoms with Crippen LogP contribution in [0.25, 0.3) is 97.1 Å². The molecule has 0 saturated carbocycles. The van der Waals surface area contributed by atoms with Crippen LogP contribution in [0.15, 0.2) is 229 Å². The molecule has 0 bridgehead atoms. The molecule has 15 nitrogen and oxygen atoms in total. The van der Waals surface area contributed by atoms with Gasteiger partial charge in [0.1, 0.15) is 48.5 Å². The van der Waals surface area contributed by atoms with E-state index in [-0.39, 0.29) is 16.5 Å². The van der Waals surface area contributed by atoms with Crippen LogP contribution in [0, 0.1) is 13.8 Å². The molecule has 444 valence electrons. The number of anilines is 6. The average molecular weight is 1300 g/mol. The number of thiophene rings is 2. The molecule has 6 heterocycles. The van der Waals surface area contributed by atoms with Crippen LogP contribution < -0.4 is 42.2 Å². The first-order chi connectivity index (χ1) is 45.5. The fraction of sp³-hybridized carbons (Fsp3) is 0.0548. The highest BCUT2D eigenvalue weighted by molar-refractivity contribution is 7.20. The lowest BCUT2D eigenvalue weighted by atomic mass is 10.0. The number of aryl methyl sites for hydroxylation is 4. The van der Waals surface area contributed by atoms with Crippen molar-refractivity contribution in [3.05, 3.63) is 274 Å². The molecule has 0 spiro atoms. The number of benzene rings is 9. The third kappa shape index (κ3) is 9.68. The Bertz CT molecular complexity index is 6170. The lowest BCUT2D eigenvalue weighted by Crippen LogP contribution is -2.31. The monoisotopic (exact) mass is 1300 g/mol. The molecule has 17 aromatic rings. The third-order valence-corrected chi connectivity index (χ3v) is 20.8. The van der Waals surface area contributed by atoms with Gasteiger partial charge >= 0.3 is 0 Å². The summed E-state index contributed by atoms with van der Waals surface area (Å²) >= 11 is 6.50. The van der Waals surface area contributed by atoms with Crippen molar-refractivity contribution in [3.63, 3.8) is 0 Å². The summed E-state index contributed by atoms with van der Waals surface area (Å²) in [6, 6.07) is 65.2. The first-order valence-electron chi connectivity index (χ1n) is 29.6. The number of hydrogen-bond donors (Lipinski definition) is 0. The van der Waals surface area contributed by atoms with Gasteiger partial charge in [-0.1, -0.05) is 108 Å². The van der Waals surface area contributed by atoms with Crippen LogP contribution in [0.4, 0.5) is 44.3 Å². The van der Waals surface area contributed by atoms with Crippen molar-refractivity contribution >= 4 is 178 Å². The van der Waals surface area contributed by atoms with E-state index in [0.717, 1.165) is 140 Å². The zero-order valence-corrected chi connectivity index (χ0v) is 53.1. The van der Waals surface area contributed by atoms with Crippen molar-refractivity contribution in [1.82, 2.24) is 31.2 Å². The molecule has 20 heteroatoms. The van der Waals surface area contributed by atoms with Gasteiger partial charge in [0.15, 0.2) is 11.2 Å². The molecule has 0 aliphatic heterocycles. The molecule has 0 radical (unpaired) electrons. The molecule has 6 aromatic heterocycles. The highest BCUT2D eigenvalue weighted by Gasteiger charge is 2.24. The predicted molar refractivity (Wildman–Crippen MR) is 380 cm³/mol. The van der Waals surface area contributed by atoms with Crippen molar-refractivity contribution in [3.8, 4) is 20.9 Å². The van der Waals surface area contributed by atoms with Gasteiger partial charge in [-0.25, -0.2) is 15.0 Å². The van der Waals surface area contributed by atoms with E-state index in [1.807, 2.05) is 36.4 Å². The maximum absolute atomic E-state index is 13.4. The fourth-order valence-corrected chi connectivity index (χ4v) is 16.1. The largest absolute Gasteiger partial charge is 0.302 e. The molecule has 0 atom stereocenters. The van der Waals surface area contributed by atoms with Gasteiger partial charge < -0.3 is 9.80 Å². The molecular weight excluding hydrogens is 1260 g/mol. The Morgan fingerprint density at radius 2 is 0.839 bits per heavy atom. The smallest absolute Gasteiger partial charge is 0.252 e. The summed E-state index contributed by atoms with van der Waals surface area (Å²) in [5.74, 6) is 0.232. The molecule has 0 aliphatic rings. The van der Waals surface area contributed by atoms with Crippen molar-refractivity contribution in [1.29, 1.82) is 0 Å². The summed E-state index contributed by atoms with van der Waals surface area (Å²) in [6.45, 7) is 4.18. The molecule has 0 amide bonds. The van der Waals surface area contributed by atoms with E-state index >= 15 is 0 Å². The summed E-state index contributed by atoms with van der Waals surface area (Å²) in [7, 11) is 0. The van der Waals surface area contributed by atoms with Crippen molar-refractivity contribution < 1.29 is 0 Å². The van der Waals surface area contributed by atoms with E-state index in [1.165, 1.54) is 11.1 Å². The minimum Gasteiger partial charge on any atom is -0.302 e. The van der Waals surface area contributed by atoms with Gasteiger partial charge in [0.25, 0.3) is 5.43 Å². The summed E-state index contributed by atoms with van der Waals surface area (Å²) in [5.41, 5.74) is 12.4. The molecular formula is C73H43N11O4S5.